The van der Waals surface area contributed by atoms with E-state index in [2.05, 4.69) is 34.8 Å². The quantitative estimate of drug-likeness (QED) is 0.561. The monoisotopic (exact) mass is 284 g/mol. The second-order valence-corrected chi connectivity index (χ2v) is 4.93. The zero-order valence-electron chi connectivity index (χ0n) is 12.0. The highest BCUT2D eigenvalue weighted by Crippen LogP contribution is 2.17. The third-order valence-corrected chi connectivity index (χ3v) is 3.40. The summed E-state index contributed by atoms with van der Waals surface area (Å²) in [7, 11) is 0. The zero-order chi connectivity index (χ0) is 15.1. The fraction of sp³-hybridized carbons (Fsp3) is 0.250. The van der Waals surface area contributed by atoms with Crippen LogP contribution in [-0.2, 0) is 0 Å². The minimum atomic E-state index is -0.117. The van der Waals surface area contributed by atoms with Gasteiger partial charge < -0.3 is 10.7 Å². The van der Waals surface area contributed by atoms with Crippen molar-refractivity contribution in [3.8, 4) is 0 Å². The minimum absolute atomic E-state index is 0.117. The molecular weight excluding hydrogens is 264 g/mol. The number of hydrazine groups is 1. The number of carbonyl (C=O) groups excluding carboxylic acids is 1. The Labute approximate surface area is 124 Å². The zero-order valence-corrected chi connectivity index (χ0v) is 12.0. The maximum Gasteiger partial charge on any atom is 0.251 e. The predicted molar refractivity (Wildman–Crippen MR) is 83.9 cm³/mol. The Hall–Kier alpha value is -2.40. The first-order chi connectivity index (χ1) is 10.2. The lowest BCUT2D eigenvalue weighted by molar-refractivity contribution is 0.0952. The molecule has 0 radical (unpaired) electrons. The number of aromatic nitrogens is 1. The maximum absolute atomic E-state index is 12.0. The molecule has 0 aliphatic carbocycles. The third-order valence-electron chi connectivity index (χ3n) is 3.40. The molecule has 0 aliphatic rings. The van der Waals surface area contributed by atoms with Gasteiger partial charge in [-0.2, -0.15) is 0 Å². The number of nitrogens with one attached hydrogen (secondary N) is 2. The van der Waals surface area contributed by atoms with E-state index < -0.39 is 0 Å². The molecule has 0 bridgehead atoms. The summed E-state index contributed by atoms with van der Waals surface area (Å²) in [6, 6.07) is 13.6. The molecule has 0 spiro atoms. The van der Waals surface area contributed by atoms with Crippen LogP contribution in [0.5, 0.6) is 0 Å². The van der Waals surface area contributed by atoms with Crippen molar-refractivity contribution in [2.75, 3.05) is 12.0 Å². The number of hydrogen-bond acceptors (Lipinski definition) is 4. The van der Waals surface area contributed by atoms with Gasteiger partial charge in [0.1, 0.15) is 5.82 Å². The van der Waals surface area contributed by atoms with Gasteiger partial charge >= 0.3 is 0 Å². The summed E-state index contributed by atoms with van der Waals surface area (Å²) in [5.74, 6) is 6.04. The van der Waals surface area contributed by atoms with Crippen molar-refractivity contribution in [3.05, 3.63) is 59.8 Å². The summed E-state index contributed by atoms with van der Waals surface area (Å²) in [4.78, 5) is 16.0. The van der Waals surface area contributed by atoms with Crippen LogP contribution in [0, 0.1) is 0 Å². The van der Waals surface area contributed by atoms with Crippen molar-refractivity contribution in [3.63, 3.8) is 0 Å². The van der Waals surface area contributed by atoms with E-state index in [0.717, 1.165) is 6.42 Å². The highest BCUT2D eigenvalue weighted by molar-refractivity contribution is 5.94. The summed E-state index contributed by atoms with van der Waals surface area (Å²) in [6.07, 6.45) is 2.44. The predicted octanol–water partition coefficient (Wildman–Crippen LogP) is 2.29. The van der Waals surface area contributed by atoms with Crippen molar-refractivity contribution in [2.24, 2.45) is 5.84 Å². The van der Waals surface area contributed by atoms with Crippen LogP contribution in [0.4, 0.5) is 5.82 Å². The Morgan fingerprint density at radius 3 is 2.76 bits per heavy atom. The number of carbonyl (C=O) groups is 1. The minimum Gasteiger partial charge on any atom is -0.352 e. The van der Waals surface area contributed by atoms with Gasteiger partial charge in [0.05, 0.1) is 0 Å². The van der Waals surface area contributed by atoms with Crippen molar-refractivity contribution < 1.29 is 4.79 Å². The number of nitrogens with two attached hydrogens (primary N) is 1. The number of pyridine rings is 1. The number of nitrogen functional groups attached to an aromatic ring is 1. The van der Waals surface area contributed by atoms with Gasteiger partial charge in [0.2, 0.25) is 0 Å². The fourth-order valence-corrected chi connectivity index (χ4v) is 2.10. The van der Waals surface area contributed by atoms with E-state index in [0.29, 0.717) is 23.8 Å². The van der Waals surface area contributed by atoms with E-state index in [-0.39, 0.29) is 5.91 Å². The van der Waals surface area contributed by atoms with Crippen molar-refractivity contribution >= 4 is 11.7 Å². The van der Waals surface area contributed by atoms with Crippen LogP contribution < -0.4 is 16.6 Å². The number of anilines is 1. The molecule has 1 heterocycles. The largest absolute Gasteiger partial charge is 0.352 e. The maximum atomic E-state index is 12.0. The van der Waals surface area contributed by atoms with Crippen LogP contribution >= 0.6 is 0 Å². The van der Waals surface area contributed by atoms with Crippen LogP contribution in [0.3, 0.4) is 0 Å². The van der Waals surface area contributed by atoms with Gasteiger partial charge in [-0.3, -0.25) is 4.79 Å². The Morgan fingerprint density at radius 1 is 1.29 bits per heavy atom. The van der Waals surface area contributed by atoms with Gasteiger partial charge in [-0.15, -0.1) is 0 Å². The van der Waals surface area contributed by atoms with E-state index in [1.165, 1.54) is 5.56 Å². The van der Waals surface area contributed by atoms with Gasteiger partial charge in [-0.1, -0.05) is 37.3 Å². The topological polar surface area (TPSA) is 80.0 Å². The molecule has 21 heavy (non-hydrogen) atoms. The normalized spacial score (nSPS) is 11.7. The van der Waals surface area contributed by atoms with E-state index in [1.807, 2.05) is 18.2 Å². The number of rotatable bonds is 6. The third kappa shape index (κ3) is 4.29. The van der Waals surface area contributed by atoms with Crippen molar-refractivity contribution in [2.45, 2.75) is 19.3 Å². The second-order valence-electron chi connectivity index (χ2n) is 4.93. The van der Waals surface area contributed by atoms with Crippen LogP contribution in [0.2, 0.25) is 0 Å². The molecular formula is C16H20N4O. The molecule has 0 aliphatic heterocycles. The molecule has 4 N–H and O–H groups in total. The van der Waals surface area contributed by atoms with Gasteiger partial charge in [0.25, 0.3) is 5.91 Å². The lowest BCUT2D eigenvalue weighted by atomic mass is 9.98. The SMILES string of the molecule is CC(CCNC(=O)c1ccnc(NN)c1)c1ccccc1. The summed E-state index contributed by atoms with van der Waals surface area (Å²) < 4.78 is 0. The molecule has 5 heteroatoms. The summed E-state index contributed by atoms with van der Waals surface area (Å²) in [5.41, 5.74) is 4.26. The molecule has 110 valence electrons. The highest BCUT2D eigenvalue weighted by atomic mass is 16.1. The first-order valence-corrected chi connectivity index (χ1v) is 6.96. The van der Waals surface area contributed by atoms with Crippen LogP contribution in [0.1, 0.15) is 35.2 Å². The molecule has 1 atom stereocenters. The van der Waals surface area contributed by atoms with Gasteiger partial charge in [0, 0.05) is 18.3 Å². The Morgan fingerprint density at radius 2 is 2.05 bits per heavy atom. The molecule has 1 aromatic carbocycles. The second kappa shape index (κ2) is 7.40. The Balaban J connectivity index is 1.84. The lowest BCUT2D eigenvalue weighted by Gasteiger charge is -2.12. The van der Waals surface area contributed by atoms with Crippen LogP contribution in [-0.4, -0.2) is 17.4 Å². The number of nitrogens with zero attached hydrogens (tertiary/aromatic N) is 1. The van der Waals surface area contributed by atoms with E-state index in [1.54, 1.807) is 18.3 Å². The first kappa shape index (κ1) is 15.0. The molecule has 0 fully saturated rings. The van der Waals surface area contributed by atoms with E-state index in [4.69, 9.17) is 5.84 Å². The molecule has 1 aromatic heterocycles. The van der Waals surface area contributed by atoms with Gasteiger partial charge in [-0.05, 0) is 30.0 Å². The summed E-state index contributed by atoms with van der Waals surface area (Å²) in [5, 5.41) is 2.92. The van der Waals surface area contributed by atoms with E-state index in [9.17, 15) is 4.79 Å². The summed E-state index contributed by atoms with van der Waals surface area (Å²) >= 11 is 0. The van der Waals surface area contributed by atoms with Crippen LogP contribution in [0.25, 0.3) is 0 Å². The molecule has 0 saturated carbocycles. The first-order valence-electron chi connectivity index (χ1n) is 6.96. The van der Waals surface area contributed by atoms with Crippen molar-refractivity contribution in [1.82, 2.24) is 10.3 Å². The van der Waals surface area contributed by atoms with Crippen LogP contribution in [0.15, 0.2) is 48.7 Å². The number of amides is 1. The Bertz CT molecular complexity index is 586. The van der Waals surface area contributed by atoms with Crippen molar-refractivity contribution in [1.29, 1.82) is 0 Å². The average molecular weight is 284 g/mol. The smallest absolute Gasteiger partial charge is 0.251 e. The number of hydrogen-bond donors (Lipinski definition) is 3. The molecule has 0 saturated heterocycles. The standard InChI is InChI=1S/C16H20N4O/c1-12(13-5-3-2-4-6-13)7-9-19-16(21)14-8-10-18-15(11-14)20-17/h2-6,8,10-12H,7,9,17H2,1H3,(H,18,20)(H,19,21). The fourth-order valence-electron chi connectivity index (χ4n) is 2.10. The molecule has 1 amide bonds. The summed E-state index contributed by atoms with van der Waals surface area (Å²) in [6.45, 7) is 2.78. The van der Waals surface area contributed by atoms with Gasteiger partial charge in [-0.25, -0.2) is 10.8 Å². The van der Waals surface area contributed by atoms with E-state index >= 15 is 0 Å². The molecule has 2 aromatic rings. The number of benzene rings is 1. The highest BCUT2D eigenvalue weighted by Gasteiger charge is 2.08. The molecule has 1 unspecified atom stereocenters. The molecule has 5 nitrogen and oxygen atoms in total. The Kier molecular flexibility index (Phi) is 5.29. The average Bonchev–Trinajstić information content (AvgIpc) is 2.55. The molecule has 2 rings (SSSR count). The lowest BCUT2D eigenvalue weighted by Crippen LogP contribution is -2.25. The van der Waals surface area contributed by atoms with Gasteiger partial charge in [0.15, 0.2) is 0 Å².